The van der Waals surface area contributed by atoms with Crippen molar-refractivity contribution >= 4 is 11.9 Å². The molecular formula is C30H42O9. The van der Waals surface area contributed by atoms with E-state index in [1.54, 1.807) is 48.5 Å². The number of unbranched alkanes of at least 4 members (excludes halogenated alkanes) is 4. The van der Waals surface area contributed by atoms with Gasteiger partial charge in [-0.25, -0.2) is 9.59 Å². The second kappa shape index (κ2) is 18.7. The molecule has 0 aromatic heterocycles. The Morgan fingerprint density at radius 1 is 0.615 bits per heavy atom. The molecule has 39 heavy (non-hydrogen) atoms. The Morgan fingerprint density at radius 2 is 1.00 bits per heavy atom. The molecule has 0 saturated heterocycles. The molecule has 0 spiro atoms. The minimum absolute atomic E-state index is 0.242. The highest BCUT2D eigenvalue weighted by atomic mass is 16.6. The molecule has 0 heterocycles. The highest BCUT2D eigenvalue weighted by Gasteiger charge is 2.21. The van der Waals surface area contributed by atoms with Crippen molar-refractivity contribution in [3.05, 3.63) is 48.5 Å². The third-order valence-electron chi connectivity index (χ3n) is 5.90. The van der Waals surface area contributed by atoms with Crippen LogP contribution in [0.2, 0.25) is 0 Å². The molecule has 0 aliphatic heterocycles. The van der Waals surface area contributed by atoms with Crippen LogP contribution in [0.3, 0.4) is 0 Å². The Balaban J connectivity index is 1.77. The zero-order chi connectivity index (χ0) is 28.3. The molecule has 216 valence electrons. The number of carbonyl (C=O) groups is 2. The molecule has 0 aliphatic carbocycles. The van der Waals surface area contributed by atoms with Crippen molar-refractivity contribution in [1.29, 1.82) is 0 Å². The molecule has 0 fully saturated rings. The number of benzene rings is 2. The summed E-state index contributed by atoms with van der Waals surface area (Å²) >= 11 is 0. The van der Waals surface area contributed by atoms with Crippen LogP contribution in [0.1, 0.15) is 65.2 Å². The summed E-state index contributed by atoms with van der Waals surface area (Å²) < 4.78 is 28.6. The highest BCUT2D eigenvalue weighted by Crippen LogP contribution is 2.29. The van der Waals surface area contributed by atoms with Crippen LogP contribution in [-0.4, -0.2) is 60.8 Å². The number of para-hydroxylation sites is 4. The van der Waals surface area contributed by atoms with Gasteiger partial charge in [0.1, 0.15) is 13.2 Å². The molecule has 0 radical (unpaired) electrons. The second-order valence-corrected chi connectivity index (χ2v) is 9.08. The standard InChI is InChI=1S/C30H42O9/c1-3-5-7-17-27(29(31)32)38-25-15-11-9-13-23(25)36-21-19-35-20-22-37-24-14-10-12-16-26(24)39-28(30(33)34)18-8-6-4-2/h9-16,27-28H,3-8,17-22H2,1-2H3,(H,31,32)(H,33,34). The molecule has 0 amide bonds. The fourth-order valence-corrected chi connectivity index (χ4v) is 3.79. The van der Waals surface area contributed by atoms with E-state index in [-0.39, 0.29) is 26.4 Å². The molecule has 2 unspecified atom stereocenters. The lowest BCUT2D eigenvalue weighted by Crippen LogP contribution is -2.27. The van der Waals surface area contributed by atoms with Gasteiger partial charge in [0.25, 0.3) is 0 Å². The van der Waals surface area contributed by atoms with E-state index in [2.05, 4.69) is 13.8 Å². The summed E-state index contributed by atoms with van der Waals surface area (Å²) in [6, 6.07) is 14.0. The molecule has 2 rings (SSSR count). The van der Waals surface area contributed by atoms with E-state index in [9.17, 15) is 19.8 Å². The number of carboxylic acid groups (broad SMARTS) is 2. The molecule has 0 saturated carbocycles. The summed E-state index contributed by atoms with van der Waals surface area (Å²) in [7, 11) is 0. The molecule has 9 nitrogen and oxygen atoms in total. The summed E-state index contributed by atoms with van der Waals surface area (Å²) in [5, 5.41) is 19.0. The zero-order valence-electron chi connectivity index (χ0n) is 23.0. The van der Waals surface area contributed by atoms with E-state index in [1.165, 1.54) is 0 Å². The van der Waals surface area contributed by atoms with Crippen molar-refractivity contribution in [2.24, 2.45) is 0 Å². The predicted molar refractivity (Wildman–Crippen MR) is 147 cm³/mol. The van der Waals surface area contributed by atoms with Gasteiger partial charge in [0.15, 0.2) is 35.2 Å². The van der Waals surface area contributed by atoms with Crippen molar-refractivity contribution in [2.75, 3.05) is 26.4 Å². The summed E-state index contributed by atoms with van der Waals surface area (Å²) in [6.45, 7) is 5.18. The van der Waals surface area contributed by atoms with Gasteiger partial charge in [0, 0.05) is 0 Å². The van der Waals surface area contributed by atoms with Gasteiger partial charge in [-0.2, -0.15) is 0 Å². The van der Waals surface area contributed by atoms with E-state index in [4.69, 9.17) is 23.7 Å². The van der Waals surface area contributed by atoms with Gasteiger partial charge >= 0.3 is 11.9 Å². The van der Waals surface area contributed by atoms with Gasteiger partial charge in [-0.15, -0.1) is 0 Å². The van der Waals surface area contributed by atoms with Crippen molar-refractivity contribution in [3.8, 4) is 23.0 Å². The van der Waals surface area contributed by atoms with Crippen LogP contribution in [0.4, 0.5) is 0 Å². The molecule has 2 atom stereocenters. The van der Waals surface area contributed by atoms with Crippen molar-refractivity contribution < 1.29 is 43.5 Å². The summed E-state index contributed by atoms with van der Waals surface area (Å²) in [4.78, 5) is 23.2. The number of hydrogen-bond donors (Lipinski definition) is 2. The lowest BCUT2D eigenvalue weighted by Gasteiger charge is -2.18. The van der Waals surface area contributed by atoms with Crippen LogP contribution in [0.5, 0.6) is 23.0 Å². The molecule has 2 N–H and O–H groups in total. The number of rotatable bonds is 22. The average Bonchev–Trinajstić information content (AvgIpc) is 2.92. The quantitative estimate of drug-likeness (QED) is 0.172. The number of ether oxygens (including phenoxy) is 5. The van der Waals surface area contributed by atoms with E-state index >= 15 is 0 Å². The van der Waals surface area contributed by atoms with E-state index < -0.39 is 24.1 Å². The average molecular weight is 547 g/mol. The number of carboxylic acids is 2. The number of aliphatic carboxylic acids is 2. The maximum absolute atomic E-state index is 11.6. The van der Waals surface area contributed by atoms with E-state index in [1.807, 2.05) is 0 Å². The normalized spacial score (nSPS) is 12.4. The third-order valence-corrected chi connectivity index (χ3v) is 5.90. The Hall–Kier alpha value is -3.46. The first kappa shape index (κ1) is 31.8. The lowest BCUT2D eigenvalue weighted by molar-refractivity contribution is -0.146. The first-order valence-electron chi connectivity index (χ1n) is 13.8. The molecule has 0 bridgehead atoms. The second-order valence-electron chi connectivity index (χ2n) is 9.08. The van der Waals surface area contributed by atoms with Crippen LogP contribution < -0.4 is 18.9 Å². The van der Waals surface area contributed by atoms with E-state index in [0.29, 0.717) is 35.8 Å². The summed E-state index contributed by atoms with van der Waals surface area (Å²) in [5.41, 5.74) is 0. The molecular weight excluding hydrogens is 504 g/mol. The third kappa shape index (κ3) is 12.3. The van der Waals surface area contributed by atoms with Crippen LogP contribution in [0, 0.1) is 0 Å². The monoisotopic (exact) mass is 546 g/mol. The largest absolute Gasteiger partial charge is 0.487 e. The fraction of sp³-hybridized carbons (Fsp3) is 0.533. The van der Waals surface area contributed by atoms with Crippen LogP contribution >= 0.6 is 0 Å². The first-order valence-corrected chi connectivity index (χ1v) is 13.8. The Bertz CT molecular complexity index is 901. The fourth-order valence-electron chi connectivity index (χ4n) is 3.79. The first-order chi connectivity index (χ1) is 19.0. The van der Waals surface area contributed by atoms with Crippen molar-refractivity contribution in [3.63, 3.8) is 0 Å². The number of hydrogen-bond acceptors (Lipinski definition) is 7. The van der Waals surface area contributed by atoms with Gasteiger partial charge in [0.05, 0.1) is 13.2 Å². The molecule has 2 aromatic rings. The topological polar surface area (TPSA) is 121 Å². The zero-order valence-corrected chi connectivity index (χ0v) is 23.0. The Labute approximate surface area is 231 Å². The maximum atomic E-state index is 11.6. The van der Waals surface area contributed by atoms with E-state index in [0.717, 1.165) is 38.5 Å². The van der Waals surface area contributed by atoms with Gasteiger partial charge in [0.2, 0.25) is 0 Å². The smallest absolute Gasteiger partial charge is 0.344 e. The molecule has 0 aliphatic rings. The predicted octanol–water partition coefficient (Wildman–Crippen LogP) is 5.99. The SMILES string of the molecule is CCCCCC(Oc1ccccc1OCCOCCOc1ccccc1OC(CCCCC)C(=O)O)C(=O)O. The van der Waals surface area contributed by atoms with Gasteiger partial charge in [-0.3, -0.25) is 0 Å². The van der Waals surface area contributed by atoms with Gasteiger partial charge in [-0.1, -0.05) is 63.8 Å². The van der Waals surface area contributed by atoms with Crippen LogP contribution in [-0.2, 0) is 14.3 Å². The summed E-state index contributed by atoms with van der Waals surface area (Å²) in [5.74, 6) is -0.307. The molecule has 9 heteroatoms. The minimum atomic E-state index is -0.994. The minimum Gasteiger partial charge on any atom is -0.487 e. The Kier molecular flexibility index (Phi) is 15.3. The molecule has 2 aromatic carbocycles. The Morgan fingerprint density at radius 3 is 1.36 bits per heavy atom. The van der Waals surface area contributed by atoms with Crippen molar-refractivity contribution in [2.45, 2.75) is 77.4 Å². The van der Waals surface area contributed by atoms with Crippen LogP contribution in [0.25, 0.3) is 0 Å². The van der Waals surface area contributed by atoms with Crippen LogP contribution in [0.15, 0.2) is 48.5 Å². The van der Waals surface area contributed by atoms with Gasteiger partial charge in [-0.05, 0) is 49.9 Å². The summed E-state index contributed by atoms with van der Waals surface area (Å²) in [6.07, 6.45) is 4.48. The van der Waals surface area contributed by atoms with Crippen molar-refractivity contribution in [1.82, 2.24) is 0 Å². The van der Waals surface area contributed by atoms with Gasteiger partial charge < -0.3 is 33.9 Å². The lowest BCUT2D eigenvalue weighted by atomic mass is 10.1. The highest BCUT2D eigenvalue weighted by molar-refractivity contribution is 5.73. The maximum Gasteiger partial charge on any atom is 0.344 e.